The molecule has 20 heavy (non-hydrogen) atoms. The zero-order valence-electron chi connectivity index (χ0n) is 12.3. The number of rotatable bonds is 3. The fourth-order valence-corrected chi connectivity index (χ4v) is 2.09. The quantitative estimate of drug-likeness (QED) is 0.392. The van der Waals surface area contributed by atoms with Gasteiger partial charge in [-0.3, -0.25) is 10.1 Å². The molecule has 0 fully saturated rings. The maximum atomic E-state index is 11.9. The van der Waals surface area contributed by atoms with Crippen molar-refractivity contribution < 1.29 is 19.5 Å². The first-order valence-electron chi connectivity index (χ1n) is 6.18. The summed E-state index contributed by atoms with van der Waals surface area (Å²) < 4.78 is 4.70. The first-order chi connectivity index (χ1) is 9.09. The molecule has 108 valence electrons. The van der Waals surface area contributed by atoms with Gasteiger partial charge < -0.3 is 9.76 Å². The van der Waals surface area contributed by atoms with Gasteiger partial charge in [0.2, 0.25) is 0 Å². The zero-order chi connectivity index (χ0) is 15.7. The van der Waals surface area contributed by atoms with Crippen molar-refractivity contribution in [1.29, 1.82) is 0 Å². The summed E-state index contributed by atoms with van der Waals surface area (Å²) in [5.74, 6) is -0.652. The van der Waals surface area contributed by atoms with Crippen molar-refractivity contribution in [1.82, 2.24) is 0 Å². The molecular formula is C13H18BNO5. The lowest BCUT2D eigenvalue weighted by Gasteiger charge is -2.22. The topological polar surface area (TPSA) is 89.7 Å². The number of hydrogen-bond acceptors (Lipinski definition) is 5. The molecule has 0 spiro atoms. The predicted molar refractivity (Wildman–Crippen MR) is 76.6 cm³/mol. The van der Waals surface area contributed by atoms with Crippen LogP contribution in [0.1, 0.15) is 36.7 Å². The van der Waals surface area contributed by atoms with Gasteiger partial charge in [-0.25, -0.2) is 4.79 Å². The summed E-state index contributed by atoms with van der Waals surface area (Å²) in [4.78, 5) is 22.6. The fraction of sp³-hybridized carbons (Fsp3) is 0.462. The third kappa shape index (κ3) is 3.16. The molecule has 1 aromatic carbocycles. The molecule has 0 saturated carbocycles. The van der Waals surface area contributed by atoms with E-state index >= 15 is 0 Å². The van der Waals surface area contributed by atoms with E-state index in [-0.39, 0.29) is 11.3 Å². The molecule has 0 aromatic heterocycles. The van der Waals surface area contributed by atoms with Crippen molar-refractivity contribution in [3.05, 3.63) is 33.4 Å². The lowest BCUT2D eigenvalue weighted by molar-refractivity contribution is -0.385. The van der Waals surface area contributed by atoms with Crippen molar-refractivity contribution in [3.63, 3.8) is 0 Å². The highest BCUT2D eigenvalue weighted by Crippen LogP contribution is 2.34. The van der Waals surface area contributed by atoms with Crippen LogP contribution in [-0.2, 0) is 10.2 Å². The maximum absolute atomic E-state index is 11.9. The zero-order valence-corrected chi connectivity index (χ0v) is 12.3. The molecule has 1 aromatic rings. The molecule has 7 heteroatoms. The highest BCUT2D eigenvalue weighted by Gasteiger charge is 2.32. The molecular weight excluding hydrogens is 261 g/mol. The van der Waals surface area contributed by atoms with Crippen LogP contribution in [0, 0.1) is 10.1 Å². The minimum absolute atomic E-state index is 0.116. The number of nitrogens with zero attached hydrogens (tertiary/aromatic N) is 1. The molecule has 0 bridgehead atoms. The summed E-state index contributed by atoms with van der Waals surface area (Å²) >= 11 is 0. The Kier molecular flexibility index (Phi) is 4.55. The summed E-state index contributed by atoms with van der Waals surface area (Å²) in [5, 5.41) is 20.9. The van der Waals surface area contributed by atoms with Crippen LogP contribution >= 0.6 is 0 Å². The van der Waals surface area contributed by atoms with Gasteiger partial charge in [0.05, 0.1) is 17.6 Å². The van der Waals surface area contributed by atoms with Gasteiger partial charge >= 0.3 is 12.9 Å². The number of carbonyl (C=O) groups excluding carboxylic acids is 1. The van der Waals surface area contributed by atoms with Gasteiger partial charge in [0.1, 0.15) is 0 Å². The van der Waals surface area contributed by atoms with Crippen molar-refractivity contribution in [2.24, 2.45) is 0 Å². The molecule has 0 radical (unpaired) electrons. The second-order valence-electron chi connectivity index (χ2n) is 5.64. The van der Waals surface area contributed by atoms with E-state index in [9.17, 15) is 19.9 Å². The molecule has 1 rings (SSSR count). The van der Waals surface area contributed by atoms with Gasteiger partial charge in [0.25, 0.3) is 5.69 Å². The van der Waals surface area contributed by atoms with Gasteiger partial charge in [-0.15, -0.1) is 0 Å². The molecule has 0 heterocycles. The molecule has 0 atom stereocenters. The van der Waals surface area contributed by atoms with Crippen LogP contribution < -0.4 is 5.46 Å². The monoisotopic (exact) mass is 279 g/mol. The maximum Gasteiger partial charge on any atom is 0.338 e. The number of carbonyl (C=O) groups is 1. The van der Waals surface area contributed by atoms with Crippen LogP contribution in [0.3, 0.4) is 0 Å². The third-order valence-corrected chi connectivity index (χ3v) is 2.97. The van der Waals surface area contributed by atoms with E-state index in [0.717, 1.165) is 0 Å². The van der Waals surface area contributed by atoms with Crippen LogP contribution in [0.25, 0.3) is 0 Å². The van der Waals surface area contributed by atoms with E-state index < -0.39 is 23.2 Å². The van der Waals surface area contributed by atoms with E-state index in [4.69, 9.17) is 4.74 Å². The number of benzene rings is 1. The van der Waals surface area contributed by atoms with E-state index in [1.54, 1.807) is 20.8 Å². The lowest BCUT2D eigenvalue weighted by Crippen LogP contribution is -2.30. The molecule has 0 aliphatic heterocycles. The Labute approximate surface area is 118 Å². The van der Waals surface area contributed by atoms with Crippen LogP contribution in [0.15, 0.2) is 12.1 Å². The summed E-state index contributed by atoms with van der Waals surface area (Å²) in [6.07, 6.45) is 0. The Morgan fingerprint density at radius 2 is 1.95 bits per heavy atom. The number of nitro benzene ring substituents is 1. The predicted octanol–water partition coefficient (Wildman–Crippen LogP) is 1.50. The lowest BCUT2D eigenvalue weighted by atomic mass is 9.63. The summed E-state index contributed by atoms with van der Waals surface area (Å²) in [6.45, 7) is 5.92. The van der Waals surface area contributed by atoms with Crippen molar-refractivity contribution >= 4 is 24.0 Å². The minimum atomic E-state index is -0.911. The van der Waals surface area contributed by atoms with Crippen LogP contribution in [0.2, 0.25) is 6.82 Å². The SMILES string of the molecule is COC(=O)c1cc(B(C)O)cc([N+](=O)[O-])c1C(C)(C)C. The highest BCUT2D eigenvalue weighted by molar-refractivity contribution is 6.65. The molecule has 0 aliphatic carbocycles. The van der Waals surface area contributed by atoms with E-state index in [1.165, 1.54) is 26.1 Å². The van der Waals surface area contributed by atoms with Gasteiger partial charge in [0, 0.05) is 11.6 Å². The molecule has 0 amide bonds. The summed E-state index contributed by atoms with van der Waals surface area (Å²) in [5.41, 5.74) is -0.0615. The molecule has 6 nitrogen and oxygen atoms in total. The smallest absolute Gasteiger partial charge is 0.338 e. The highest BCUT2D eigenvalue weighted by atomic mass is 16.6. The molecule has 0 saturated heterocycles. The number of hydrogen-bond donors (Lipinski definition) is 1. The standard InChI is InChI=1S/C13H18BNO5/c1-13(2,3)11-9(12(16)20-5)6-8(14(4)17)7-10(11)15(18)19/h6-7,17H,1-5H3. The third-order valence-electron chi connectivity index (χ3n) is 2.97. The Morgan fingerprint density at radius 3 is 2.30 bits per heavy atom. The fourth-order valence-electron chi connectivity index (χ4n) is 2.09. The van der Waals surface area contributed by atoms with Crippen LogP contribution in [-0.4, -0.2) is 29.9 Å². The first kappa shape index (κ1) is 16.2. The second-order valence-corrected chi connectivity index (χ2v) is 5.64. The Hall–Kier alpha value is -1.89. The Morgan fingerprint density at radius 1 is 1.40 bits per heavy atom. The summed E-state index contributed by atoms with van der Waals surface area (Å²) in [7, 11) is 1.22. The van der Waals surface area contributed by atoms with Gasteiger partial charge in [-0.1, -0.05) is 27.6 Å². The molecule has 0 unspecified atom stereocenters. The Balaban J connectivity index is 3.76. The van der Waals surface area contributed by atoms with Crippen molar-refractivity contribution in [2.45, 2.75) is 33.0 Å². The minimum Gasteiger partial charge on any atom is -0.465 e. The van der Waals surface area contributed by atoms with E-state index in [0.29, 0.717) is 11.0 Å². The normalized spacial score (nSPS) is 11.1. The molecule has 1 N–H and O–H groups in total. The van der Waals surface area contributed by atoms with E-state index in [2.05, 4.69) is 0 Å². The average molecular weight is 279 g/mol. The van der Waals surface area contributed by atoms with Crippen LogP contribution in [0.5, 0.6) is 0 Å². The molecule has 0 aliphatic rings. The summed E-state index contributed by atoms with van der Waals surface area (Å²) in [6, 6.07) is 2.75. The number of ether oxygens (including phenoxy) is 1. The second kappa shape index (κ2) is 5.62. The largest absolute Gasteiger partial charge is 0.465 e. The van der Waals surface area contributed by atoms with E-state index in [1.807, 2.05) is 0 Å². The van der Waals surface area contributed by atoms with Crippen LogP contribution in [0.4, 0.5) is 5.69 Å². The van der Waals surface area contributed by atoms with Gasteiger partial charge in [-0.2, -0.15) is 0 Å². The average Bonchev–Trinajstić information content (AvgIpc) is 2.34. The van der Waals surface area contributed by atoms with Crippen molar-refractivity contribution in [3.8, 4) is 0 Å². The number of esters is 1. The Bertz CT molecular complexity index is 548. The number of nitro groups is 1. The number of methoxy groups -OCH3 is 1. The van der Waals surface area contributed by atoms with Gasteiger partial charge in [0.15, 0.2) is 0 Å². The van der Waals surface area contributed by atoms with Crippen molar-refractivity contribution in [2.75, 3.05) is 7.11 Å². The van der Waals surface area contributed by atoms with Gasteiger partial charge in [-0.05, 0) is 16.9 Å². The first-order valence-corrected chi connectivity index (χ1v) is 6.18.